The third-order valence-electron chi connectivity index (χ3n) is 1.93. The van der Waals surface area contributed by atoms with E-state index in [0.29, 0.717) is 5.69 Å². The molecule has 0 aliphatic rings. The van der Waals surface area contributed by atoms with Crippen molar-refractivity contribution in [2.45, 2.75) is 5.51 Å². The van der Waals surface area contributed by atoms with E-state index in [1.165, 1.54) is 12.3 Å². The number of nitrogens with one attached hydrogen (secondary N) is 2. The second-order valence-electron chi connectivity index (χ2n) is 3.23. The Labute approximate surface area is 106 Å². The van der Waals surface area contributed by atoms with Gasteiger partial charge in [-0.1, -0.05) is 0 Å². The van der Waals surface area contributed by atoms with Gasteiger partial charge in [-0.15, -0.1) is 0 Å². The van der Waals surface area contributed by atoms with Gasteiger partial charge in [-0.2, -0.15) is 13.2 Å². The first-order valence-electron chi connectivity index (χ1n) is 5.05. The summed E-state index contributed by atoms with van der Waals surface area (Å²) in [5.41, 5.74) is -3.40. The number of hydrogen-bond acceptors (Lipinski definition) is 4. The van der Waals surface area contributed by atoms with Gasteiger partial charge >= 0.3 is 5.51 Å². The van der Waals surface area contributed by atoms with E-state index in [1.807, 2.05) is 0 Å². The number of hydrogen-bond donors (Lipinski definition) is 2. The predicted molar refractivity (Wildman–Crippen MR) is 64.6 cm³/mol. The lowest BCUT2D eigenvalue weighted by atomic mass is 10.3. The van der Waals surface area contributed by atoms with Crippen LogP contribution in [0.4, 0.5) is 18.9 Å². The van der Waals surface area contributed by atoms with Crippen molar-refractivity contribution < 1.29 is 18.0 Å². The third-order valence-corrected chi connectivity index (χ3v) is 2.67. The number of halogens is 3. The van der Waals surface area contributed by atoms with Gasteiger partial charge in [0.1, 0.15) is 5.69 Å². The fourth-order valence-electron chi connectivity index (χ4n) is 1.13. The molecule has 0 unspecified atom stereocenters. The first-order chi connectivity index (χ1) is 8.42. The molecule has 4 nitrogen and oxygen atoms in total. The molecule has 0 spiro atoms. The highest BCUT2D eigenvalue weighted by Crippen LogP contribution is 2.29. The summed E-state index contributed by atoms with van der Waals surface area (Å²) in [5.74, 6) is -0.712. The molecule has 100 valence electrons. The Bertz CT molecular complexity index is 412. The van der Waals surface area contributed by atoms with Gasteiger partial charge in [-0.3, -0.25) is 9.78 Å². The van der Waals surface area contributed by atoms with Crippen LogP contribution in [0, 0.1) is 0 Å². The number of carbonyl (C=O) groups is 1. The molecule has 18 heavy (non-hydrogen) atoms. The van der Waals surface area contributed by atoms with Gasteiger partial charge in [-0.25, -0.2) is 0 Å². The lowest BCUT2D eigenvalue weighted by molar-refractivity contribution is -0.0327. The highest BCUT2D eigenvalue weighted by Gasteiger charge is 2.27. The van der Waals surface area contributed by atoms with E-state index in [0.717, 1.165) is 0 Å². The van der Waals surface area contributed by atoms with E-state index in [-0.39, 0.29) is 29.8 Å². The molecule has 8 heteroatoms. The number of thioether (sulfide) groups is 1. The fraction of sp³-hybridized carbons (Fsp3) is 0.400. The molecule has 1 heterocycles. The SMILES string of the molecule is CNc1ccnc(C(=O)NCCSC(F)(F)F)c1. The Morgan fingerprint density at radius 3 is 2.83 bits per heavy atom. The van der Waals surface area contributed by atoms with E-state index in [4.69, 9.17) is 0 Å². The van der Waals surface area contributed by atoms with Crippen molar-refractivity contribution in [3.05, 3.63) is 24.0 Å². The van der Waals surface area contributed by atoms with Crippen LogP contribution >= 0.6 is 11.8 Å². The Morgan fingerprint density at radius 1 is 1.50 bits per heavy atom. The van der Waals surface area contributed by atoms with Gasteiger partial charge in [0.25, 0.3) is 5.91 Å². The summed E-state index contributed by atoms with van der Waals surface area (Å²) in [6.45, 7) is -0.0610. The molecule has 2 N–H and O–H groups in total. The predicted octanol–water partition coefficient (Wildman–Crippen LogP) is 2.11. The molecule has 0 radical (unpaired) electrons. The molecule has 0 bridgehead atoms. The summed E-state index contributed by atoms with van der Waals surface area (Å²) in [6, 6.07) is 3.20. The zero-order chi connectivity index (χ0) is 13.6. The van der Waals surface area contributed by atoms with Crippen molar-refractivity contribution in [1.82, 2.24) is 10.3 Å². The van der Waals surface area contributed by atoms with Crippen LogP contribution in [0.25, 0.3) is 0 Å². The number of pyridine rings is 1. The maximum absolute atomic E-state index is 11.8. The van der Waals surface area contributed by atoms with Crippen LogP contribution in [0.2, 0.25) is 0 Å². The van der Waals surface area contributed by atoms with Crippen LogP contribution in [0.5, 0.6) is 0 Å². The number of alkyl halides is 3. The van der Waals surface area contributed by atoms with Crippen LogP contribution in [0.1, 0.15) is 10.5 Å². The van der Waals surface area contributed by atoms with Crippen LogP contribution in [0.15, 0.2) is 18.3 Å². The van der Waals surface area contributed by atoms with Gasteiger partial charge in [0.05, 0.1) is 0 Å². The van der Waals surface area contributed by atoms with Crippen molar-refractivity contribution in [3.8, 4) is 0 Å². The lowest BCUT2D eigenvalue weighted by Gasteiger charge is -2.07. The number of amides is 1. The van der Waals surface area contributed by atoms with Gasteiger partial charge in [-0.05, 0) is 23.9 Å². The first-order valence-corrected chi connectivity index (χ1v) is 6.03. The van der Waals surface area contributed by atoms with Crippen LogP contribution in [0.3, 0.4) is 0 Å². The number of aromatic nitrogens is 1. The lowest BCUT2D eigenvalue weighted by Crippen LogP contribution is -2.27. The van der Waals surface area contributed by atoms with Crippen LogP contribution in [-0.4, -0.2) is 35.7 Å². The van der Waals surface area contributed by atoms with Crippen LogP contribution in [-0.2, 0) is 0 Å². The van der Waals surface area contributed by atoms with Gasteiger partial charge in [0, 0.05) is 31.2 Å². The molecule has 1 aromatic rings. The normalized spacial score (nSPS) is 11.1. The summed E-state index contributed by atoms with van der Waals surface area (Å²) < 4.78 is 35.5. The molecule has 0 aliphatic heterocycles. The average molecular weight is 279 g/mol. The standard InChI is InChI=1S/C10H12F3N3OS/c1-14-7-2-3-15-8(6-7)9(17)16-4-5-18-10(11,12)13/h2-3,6H,4-5H2,1H3,(H,14,15)(H,16,17). The van der Waals surface area contributed by atoms with Crippen molar-refractivity contribution >= 4 is 23.4 Å². The highest BCUT2D eigenvalue weighted by molar-refractivity contribution is 8.00. The number of anilines is 1. The minimum absolute atomic E-state index is 0.0610. The molecule has 0 fully saturated rings. The average Bonchev–Trinajstić information content (AvgIpc) is 2.33. The highest BCUT2D eigenvalue weighted by atomic mass is 32.2. The van der Waals surface area contributed by atoms with Crippen molar-refractivity contribution in [3.63, 3.8) is 0 Å². The summed E-state index contributed by atoms with van der Waals surface area (Å²) in [6.07, 6.45) is 1.45. The van der Waals surface area contributed by atoms with E-state index in [9.17, 15) is 18.0 Å². The Hall–Kier alpha value is -1.44. The molecular formula is C10H12F3N3OS. The Morgan fingerprint density at radius 2 is 2.22 bits per heavy atom. The second-order valence-corrected chi connectivity index (χ2v) is 4.39. The summed E-state index contributed by atoms with van der Waals surface area (Å²) in [4.78, 5) is 15.4. The summed E-state index contributed by atoms with van der Waals surface area (Å²) in [7, 11) is 1.69. The Balaban J connectivity index is 2.41. The quantitative estimate of drug-likeness (QED) is 0.811. The molecule has 0 aromatic carbocycles. The number of carbonyl (C=O) groups excluding carboxylic acids is 1. The zero-order valence-corrected chi connectivity index (χ0v) is 10.4. The van der Waals surface area contributed by atoms with Gasteiger partial charge in [0.15, 0.2) is 0 Å². The maximum Gasteiger partial charge on any atom is 0.441 e. The largest absolute Gasteiger partial charge is 0.441 e. The van der Waals surface area contributed by atoms with Crippen LogP contribution < -0.4 is 10.6 Å². The van der Waals surface area contributed by atoms with Crippen molar-refractivity contribution in [2.24, 2.45) is 0 Å². The second kappa shape index (κ2) is 6.48. The molecule has 1 aromatic heterocycles. The number of nitrogens with zero attached hydrogens (tertiary/aromatic N) is 1. The van der Waals surface area contributed by atoms with E-state index in [2.05, 4.69) is 15.6 Å². The fourth-order valence-corrected chi connectivity index (χ4v) is 1.57. The molecule has 0 saturated carbocycles. The van der Waals surface area contributed by atoms with Gasteiger partial charge in [0.2, 0.25) is 0 Å². The monoisotopic (exact) mass is 279 g/mol. The smallest absolute Gasteiger partial charge is 0.388 e. The molecule has 0 saturated heterocycles. The van der Waals surface area contributed by atoms with Crippen molar-refractivity contribution in [2.75, 3.05) is 24.7 Å². The third kappa shape index (κ3) is 5.26. The Kier molecular flexibility index (Phi) is 5.26. The topological polar surface area (TPSA) is 54.0 Å². The summed E-state index contributed by atoms with van der Waals surface area (Å²) >= 11 is -0.169. The molecular weight excluding hydrogens is 267 g/mol. The first kappa shape index (κ1) is 14.6. The molecule has 0 atom stereocenters. The number of rotatable bonds is 5. The molecule has 1 rings (SSSR count). The van der Waals surface area contributed by atoms with E-state index >= 15 is 0 Å². The minimum atomic E-state index is -4.27. The van der Waals surface area contributed by atoms with E-state index < -0.39 is 11.4 Å². The zero-order valence-electron chi connectivity index (χ0n) is 9.54. The van der Waals surface area contributed by atoms with Crippen molar-refractivity contribution in [1.29, 1.82) is 0 Å². The maximum atomic E-state index is 11.8. The minimum Gasteiger partial charge on any atom is -0.388 e. The summed E-state index contributed by atoms with van der Waals surface area (Å²) in [5, 5.41) is 5.21. The molecule has 1 amide bonds. The molecule has 0 aliphatic carbocycles. The van der Waals surface area contributed by atoms with E-state index in [1.54, 1.807) is 13.1 Å². The van der Waals surface area contributed by atoms with Gasteiger partial charge < -0.3 is 10.6 Å².